The number of aliphatic hydroxyl groups excluding tert-OH is 1. The molecule has 0 radical (unpaired) electrons. The Morgan fingerprint density at radius 2 is 2.06 bits per heavy atom. The van der Waals surface area contributed by atoms with Crippen LogP contribution in [0.3, 0.4) is 0 Å². The molecule has 0 amide bonds. The number of para-hydroxylation sites is 1. The summed E-state index contributed by atoms with van der Waals surface area (Å²) in [4.78, 5) is -0.162. The van der Waals surface area contributed by atoms with Gasteiger partial charge < -0.3 is 15.9 Å². The minimum absolute atomic E-state index is 0.0992. The summed E-state index contributed by atoms with van der Waals surface area (Å²) >= 11 is 0. The maximum Gasteiger partial charge on any atom is 0.242 e. The van der Waals surface area contributed by atoms with Crippen LogP contribution in [-0.4, -0.2) is 31.8 Å². The number of sulfonamides is 1. The van der Waals surface area contributed by atoms with Crippen LogP contribution in [-0.2, 0) is 10.0 Å². The van der Waals surface area contributed by atoms with E-state index in [-0.39, 0.29) is 29.5 Å². The summed E-state index contributed by atoms with van der Waals surface area (Å²) in [6, 6.07) is 4.00. The monoisotopic (exact) mass is 246 g/mol. The van der Waals surface area contributed by atoms with Crippen molar-refractivity contribution in [2.24, 2.45) is 0 Å². The van der Waals surface area contributed by atoms with Gasteiger partial charge in [-0.2, -0.15) is 0 Å². The van der Waals surface area contributed by atoms with Crippen molar-refractivity contribution in [2.45, 2.75) is 11.3 Å². The zero-order valence-electron chi connectivity index (χ0n) is 8.55. The highest BCUT2D eigenvalue weighted by Crippen LogP contribution is 2.26. The molecule has 0 saturated carbocycles. The van der Waals surface area contributed by atoms with Gasteiger partial charge >= 0.3 is 0 Å². The largest absolute Gasteiger partial charge is 0.506 e. The van der Waals surface area contributed by atoms with Crippen molar-refractivity contribution in [3.8, 4) is 5.75 Å². The fourth-order valence-electron chi connectivity index (χ4n) is 1.13. The topological polar surface area (TPSA) is 113 Å². The highest BCUT2D eigenvalue weighted by Gasteiger charge is 2.18. The molecule has 0 unspecified atom stereocenters. The Morgan fingerprint density at radius 1 is 1.38 bits per heavy atom. The molecule has 1 rings (SSSR count). The fraction of sp³-hybridized carbons (Fsp3) is 0.333. The van der Waals surface area contributed by atoms with Crippen molar-refractivity contribution in [3.63, 3.8) is 0 Å². The molecule has 7 heteroatoms. The van der Waals surface area contributed by atoms with Crippen molar-refractivity contribution in [1.29, 1.82) is 0 Å². The summed E-state index contributed by atoms with van der Waals surface area (Å²) in [6.07, 6.45) is 0.317. The van der Waals surface area contributed by atoms with E-state index in [1.165, 1.54) is 18.2 Å². The third kappa shape index (κ3) is 2.84. The number of hydrogen-bond acceptors (Lipinski definition) is 5. The van der Waals surface area contributed by atoms with Crippen molar-refractivity contribution < 1.29 is 18.6 Å². The van der Waals surface area contributed by atoms with E-state index < -0.39 is 10.0 Å². The number of phenolic OH excluding ortho intramolecular Hbond substituents is 1. The Hall–Kier alpha value is -1.31. The lowest BCUT2D eigenvalue weighted by atomic mass is 10.3. The Kier molecular flexibility index (Phi) is 4.11. The van der Waals surface area contributed by atoms with Crippen LogP contribution < -0.4 is 10.5 Å². The molecular weight excluding hydrogens is 232 g/mol. The van der Waals surface area contributed by atoms with Crippen LogP contribution in [0.1, 0.15) is 6.42 Å². The van der Waals surface area contributed by atoms with Gasteiger partial charge in [-0.1, -0.05) is 6.07 Å². The first kappa shape index (κ1) is 12.8. The van der Waals surface area contributed by atoms with Gasteiger partial charge in [-0.25, -0.2) is 13.1 Å². The quantitative estimate of drug-likeness (QED) is 0.322. The molecule has 1 aromatic carbocycles. The predicted molar refractivity (Wildman–Crippen MR) is 59.4 cm³/mol. The maximum absolute atomic E-state index is 11.7. The van der Waals surface area contributed by atoms with Crippen molar-refractivity contribution >= 4 is 15.7 Å². The molecule has 0 atom stereocenters. The lowest BCUT2D eigenvalue weighted by molar-refractivity contribution is 0.289. The van der Waals surface area contributed by atoms with Crippen LogP contribution in [0.5, 0.6) is 5.75 Å². The van der Waals surface area contributed by atoms with Crippen LogP contribution in [0.25, 0.3) is 0 Å². The second-order valence-electron chi connectivity index (χ2n) is 3.16. The molecule has 0 aliphatic heterocycles. The summed E-state index contributed by atoms with van der Waals surface area (Å²) in [5.41, 5.74) is 5.27. The average molecular weight is 246 g/mol. The third-order valence-electron chi connectivity index (χ3n) is 1.96. The molecule has 16 heavy (non-hydrogen) atoms. The summed E-state index contributed by atoms with van der Waals surface area (Å²) in [5.74, 6) is -0.273. The smallest absolute Gasteiger partial charge is 0.242 e. The van der Waals surface area contributed by atoms with Crippen molar-refractivity contribution in [2.75, 3.05) is 18.9 Å². The van der Waals surface area contributed by atoms with Crippen LogP contribution in [0, 0.1) is 0 Å². The van der Waals surface area contributed by atoms with Gasteiger partial charge in [-0.3, -0.25) is 0 Å². The first-order valence-corrected chi connectivity index (χ1v) is 6.15. The van der Waals surface area contributed by atoms with E-state index in [0.717, 1.165) is 0 Å². The number of hydrogen-bond donors (Lipinski definition) is 4. The average Bonchev–Trinajstić information content (AvgIpc) is 2.22. The number of phenols is 1. The number of benzene rings is 1. The number of rotatable bonds is 5. The summed E-state index contributed by atoms with van der Waals surface area (Å²) in [5, 5.41) is 17.8. The summed E-state index contributed by atoms with van der Waals surface area (Å²) in [7, 11) is -3.73. The molecule has 0 saturated heterocycles. The van der Waals surface area contributed by atoms with Gasteiger partial charge in [0.25, 0.3) is 0 Å². The van der Waals surface area contributed by atoms with E-state index in [9.17, 15) is 13.5 Å². The Balaban J connectivity index is 2.94. The number of aliphatic hydroxyl groups is 1. The number of nitrogens with two attached hydrogens (primary N) is 1. The molecule has 0 heterocycles. The fourth-order valence-corrected chi connectivity index (χ4v) is 2.35. The van der Waals surface area contributed by atoms with E-state index in [2.05, 4.69) is 4.72 Å². The molecule has 6 nitrogen and oxygen atoms in total. The molecular formula is C9H14N2O4S. The van der Waals surface area contributed by atoms with Crippen LogP contribution in [0.4, 0.5) is 5.69 Å². The Labute approximate surface area is 93.8 Å². The zero-order chi connectivity index (χ0) is 12.2. The van der Waals surface area contributed by atoms with E-state index >= 15 is 0 Å². The lowest BCUT2D eigenvalue weighted by Crippen LogP contribution is -2.26. The number of anilines is 1. The molecule has 0 aromatic heterocycles. The zero-order valence-corrected chi connectivity index (χ0v) is 9.37. The van der Waals surface area contributed by atoms with Crippen LogP contribution in [0.2, 0.25) is 0 Å². The van der Waals surface area contributed by atoms with E-state index in [4.69, 9.17) is 10.8 Å². The van der Waals surface area contributed by atoms with E-state index in [1.807, 2.05) is 0 Å². The number of aromatic hydroxyl groups is 1. The molecule has 0 aliphatic rings. The summed E-state index contributed by atoms with van der Waals surface area (Å²) in [6.45, 7) is 0.0198. The second kappa shape index (κ2) is 5.15. The number of nitrogens with one attached hydrogen (secondary N) is 1. The molecule has 0 spiro atoms. The standard InChI is InChI=1S/C9H14N2O4S/c10-9-7(13)3-1-4-8(9)16(14,15)11-5-2-6-12/h1,3-4,11-13H,2,5-6,10H2. The Morgan fingerprint density at radius 3 is 2.69 bits per heavy atom. The predicted octanol–water partition coefficient (Wildman–Crippen LogP) is -0.365. The first-order chi connectivity index (χ1) is 7.49. The van der Waals surface area contributed by atoms with Gasteiger partial charge in [0.2, 0.25) is 10.0 Å². The highest BCUT2D eigenvalue weighted by atomic mass is 32.2. The van der Waals surface area contributed by atoms with Gasteiger partial charge in [0.1, 0.15) is 10.6 Å². The molecule has 0 fully saturated rings. The van der Waals surface area contributed by atoms with Crippen molar-refractivity contribution in [1.82, 2.24) is 4.72 Å². The van der Waals surface area contributed by atoms with Crippen molar-refractivity contribution in [3.05, 3.63) is 18.2 Å². The molecule has 0 aliphatic carbocycles. The van der Waals surface area contributed by atoms with Crippen LogP contribution >= 0.6 is 0 Å². The molecule has 1 aromatic rings. The normalized spacial score (nSPS) is 11.6. The van der Waals surface area contributed by atoms with E-state index in [1.54, 1.807) is 0 Å². The van der Waals surface area contributed by atoms with Gasteiger partial charge in [-0.15, -0.1) is 0 Å². The molecule has 5 N–H and O–H groups in total. The Bertz CT molecular complexity index is 459. The minimum atomic E-state index is -3.73. The minimum Gasteiger partial charge on any atom is -0.506 e. The summed E-state index contributed by atoms with van der Waals surface area (Å²) < 4.78 is 25.7. The molecule has 90 valence electrons. The van der Waals surface area contributed by atoms with Gasteiger partial charge in [0, 0.05) is 13.2 Å². The highest BCUT2D eigenvalue weighted by molar-refractivity contribution is 7.89. The lowest BCUT2D eigenvalue weighted by Gasteiger charge is -2.09. The maximum atomic E-state index is 11.7. The van der Waals surface area contributed by atoms with Gasteiger partial charge in [-0.05, 0) is 18.6 Å². The van der Waals surface area contributed by atoms with Gasteiger partial charge in [0.05, 0.1) is 5.69 Å². The SMILES string of the molecule is Nc1c(O)cccc1S(=O)(=O)NCCCO. The van der Waals surface area contributed by atoms with Crippen LogP contribution in [0.15, 0.2) is 23.1 Å². The number of nitrogen functional groups attached to an aromatic ring is 1. The van der Waals surface area contributed by atoms with Gasteiger partial charge in [0.15, 0.2) is 0 Å². The van der Waals surface area contributed by atoms with E-state index in [0.29, 0.717) is 6.42 Å². The molecule has 0 bridgehead atoms. The second-order valence-corrected chi connectivity index (χ2v) is 4.90. The third-order valence-corrected chi connectivity index (χ3v) is 3.48. The first-order valence-electron chi connectivity index (χ1n) is 4.67.